The van der Waals surface area contributed by atoms with Crippen LogP contribution in [0, 0.1) is 0 Å². The number of nitrogens with one attached hydrogen (secondary N) is 2. The lowest BCUT2D eigenvalue weighted by Gasteiger charge is -2.16. The Morgan fingerprint density at radius 3 is 2.26 bits per heavy atom. The Balaban J connectivity index is 0.00000423. The van der Waals surface area contributed by atoms with Crippen molar-refractivity contribution in [2.75, 3.05) is 31.6 Å². The van der Waals surface area contributed by atoms with Crippen LogP contribution in [0.15, 0.2) is 91.0 Å². The number of rotatable bonds is 11. The second-order valence-electron chi connectivity index (χ2n) is 9.57. The van der Waals surface area contributed by atoms with Gasteiger partial charge in [-0.2, -0.15) is 0 Å². The fraction of sp³-hybridized carbons (Fsp3) is 0.152. The molecule has 0 aliphatic carbocycles. The Morgan fingerprint density at radius 1 is 0.791 bits per heavy atom. The van der Waals surface area contributed by atoms with Gasteiger partial charge in [0.15, 0.2) is 0 Å². The van der Waals surface area contributed by atoms with Gasteiger partial charge in [-0.1, -0.05) is 66.2 Å². The molecule has 0 atom stereocenters. The second kappa shape index (κ2) is 14.6. The number of carbonyl (C=O) groups excluding carboxylic acids is 2. The van der Waals surface area contributed by atoms with Crippen LogP contribution in [-0.4, -0.2) is 43.2 Å². The number of aromatic hydroxyl groups is 1. The van der Waals surface area contributed by atoms with Crippen molar-refractivity contribution in [1.82, 2.24) is 5.32 Å². The van der Waals surface area contributed by atoms with Crippen molar-refractivity contribution < 1.29 is 24.2 Å². The van der Waals surface area contributed by atoms with Crippen LogP contribution < -0.4 is 25.8 Å². The first-order valence-corrected chi connectivity index (χ1v) is 13.9. The second-order valence-corrected chi connectivity index (χ2v) is 10.0. The van der Waals surface area contributed by atoms with E-state index in [0.717, 1.165) is 21.5 Å². The molecule has 2 amide bonds. The molecule has 0 aliphatic rings. The van der Waals surface area contributed by atoms with Gasteiger partial charge in [0.1, 0.15) is 23.9 Å². The Labute approximate surface area is 260 Å². The number of benzene rings is 5. The Bertz CT molecular complexity index is 1760. The van der Waals surface area contributed by atoms with Crippen molar-refractivity contribution in [1.29, 1.82) is 0 Å². The minimum absolute atomic E-state index is 0. The summed E-state index contributed by atoms with van der Waals surface area (Å²) in [7, 11) is 0. The van der Waals surface area contributed by atoms with Gasteiger partial charge in [0, 0.05) is 16.5 Å². The smallest absolute Gasteiger partial charge is 0.259 e. The maximum Gasteiger partial charge on any atom is 0.259 e. The predicted octanol–water partition coefficient (Wildman–Crippen LogP) is 6.56. The van der Waals surface area contributed by atoms with E-state index in [9.17, 15) is 14.7 Å². The van der Waals surface area contributed by atoms with E-state index in [-0.39, 0.29) is 48.5 Å². The molecule has 0 radical (unpaired) electrons. The van der Waals surface area contributed by atoms with Gasteiger partial charge in [-0.05, 0) is 59.5 Å². The SMILES string of the molecule is Cl.NCCCOc1c(C(=O)NCCOc2cc3ccccc3cc2C(=O)Nc2ccc(Cl)cc2O)ccc2ccccc12. The van der Waals surface area contributed by atoms with Crippen molar-refractivity contribution in [3.8, 4) is 17.2 Å². The van der Waals surface area contributed by atoms with E-state index >= 15 is 0 Å². The van der Waals surface area contributed by atoms with Gasteiger partial charge in [-0.3, -0.25) is 9.59 Å². The molecule has 43 heavy (non-hydrogen) atoms. The summed E-state index contributed by atoms with van der Waals surface area (Å²) in [4.78, 5) is 26.5. The molecule has 0 unspecified atom stereocenters. The first kappa shape index (κ1) is 31.4. The number of nitrogens with two attached hydrogens (primary N) is 1. The zero-order valence-corrected chi connectivity index (χ0v) is 24.7. The number of phenols is 1. The number of hydrogen-bond acceptors (Lipinski definition) is 6. The molecule has 5 aromatic rings. The van der Waals surface area contributed by atoms with Gasteiger partial charge < -0.3 is 30.9 Å². The van der Waals surface area contributed by atoms with Crippen molar-refractivity contribution >= 4 is 63.1 Å². The third-order valence-electron chi connectivity index (χ3n) is 6.66. The van der Waals surface area contributed by atoms with E-state index in [1.807, 2.05) is 54.6 Å². The number of hydrogen-bond donors (Lipinski definition) is 4. The summed E-state index contributed by atoms with van der Waals surface area (Å²) in [5.74, 6) is -0.0687. The summed E-state index contributed by atoms with van der Waals surface area (Å²) in [6, 6.07) is 26.9. The highest BCUT2D eigenvalue weighted by Gasteiger charge is 2.18. The summed E-state index contributed by atoms with van der Waals surface area (Å²) in [5.41, 5.74) is 6.54. The van der Waals surface area contributed by atoms with Gasteiger partial charge in [-0.25, -0.2) is 0 Å². The lowest BCUT2D eigenvalue weighted by molar-refractivity contribution is 0.0940. The number of amides is 2. The average Bonchev–Trinajstić information content (AvgIpc) is 3.00. The molecule has 0 saturated heterocycles. The van der Waals surface area contributed by atoms with Crippen LogP contribution in [0.5, 0.6) is 17.2 Å². The molecule has 222 valence electrons. The molecule has 0 bridgehead atoms. The molecule has 5 N–H and O–H groups in total. The normalized spacial score (nSPS) is 10.7. The minimum atomic E-state index is -0.465. The van der Waals surface area contributed by atoms with Gasteiger partial charge in [-0.15, -0.1) is 12.4 Å². The molecular weight excluding hydrogens is 589 g/mol. The van der Waals surface area contributed by atoms with Crippen LogP contribution in [-0.2, 0) is 0 Å². The summed E-state index contributed by atoms with van der Waals surface area (Å²) in [6.07, 6.45) is 0.664. The Morgan fingerprint density at radius 2 is 1.51 bits per heavy atom. The number of phenolic OH excluding ortho intramolecular Hbond substituents is 1. The van der Waals surface area contributed by atoms with Crippen LogP contribution in [0.2, 0.25) is 5.02 Å². The highest BCUT2D eigenvalue weighted by atomic mass is 35.5. The first-order valence-electron chi connectivity index (χ1n) is 13.5. The fourth-order valence-electron chi connectivity index (χ4n) is 4.57. The largest absolute Gasteiger partial charge is 0.506 e. The van der Waals surface area contributed by atoms with Crippen LogP contribution in [0.4, 0.5) is 5.69 Å². The predicted molar refractivity (Wildman–Crippen MR) is 173 cm³/mol. The van der Waals surface area contributed by atoms with E-state index in [4.69, 9.17) is 26.8 Å². The van der Waals surface area contributed by atoms with Gasteiger partial charge >= 0.3 is 0 Å². The molecule has 0 aromatic heterocycles. The highest BCUT2D eigenvalue weighted by molar-refractivity contribution is 6.30. The average molecular weight is 621 g/mol. The molecule has 0 spiro atoms. The van der Waals surface area contributed by atoms with Crippen molar-refractivity contribution in [2.24, 2.45) is 5.73 Å². The summed E-state index contributed by atoms with van der Waals surface area (Å²) >= 11 is 5.92. The third-order valence-corrected chi connectivity index (χ3v) is 6.90. The first-order chi connectivity index (χ1) is 20.4. The van der Waals surface area contributed by atoms with Crippen LogP contribution >= 0.6 is 24.0 Å². The summed E-state index contributed by atoms with van der Waals surface area (Å²) in [6.45, 7) is 1.17. The third kappa shape index (κ3) is 7.48. The molecular formula is C33H31Cl2N3O5. The van der Waals surface area contributed by atoms with Crippen molar-refractivity contribution in [3.05, 3.63) is 107 Å². The van der Waals surface area contributed by atoms with Crippen LogP contribution in [0.1, 0.15) is 27.1 Å². The van der Waals surface area contributed by atoms with Crippen molar-refractivity contribution in [3.63, 3.8) is 0 Å². The maximum absolute atomic E-state index is 13.3. The van der Waals surface area contributed by atoms with Gasteiger partial charge in [0.05, 0.1) is 30.0 Å². The highest BCUT2D eigenvalue weighted by Crippen LogP contribution is 2.32. The standard InChI is InChI=1S/C33H30ClN3O5.ClH/c34-24-11-13-28(29(38)20-24)37-33(40)27-18-22-7-1-2-8-23(22)19-30(27)41-17-15-36-32(39)26-12-10-21-6-3-4-9-25(21)31(26)42-16-5-14-35;/h1-4,6-13,18-20,38H,5,14-17,35H2,(H,36,39)(H,37,40);1H. The number of anilines is 1. The quantitative estimate of drug-likeness (QED) is 0.0980. The van der Waals surface area contributed by atoms with E-state index in [0.29, 0.717) is 41.7 Å². The summed E-state index contributed by atoms with van der Waals surface area (Å²) < 4.78 is 12.0. The van der Waals surface area contributed by atoms with E-state index in [1.165, 1.54) is 12.1 Å². The molecule has 5 aromatic carbocycles. The minimum Gasteiger partial charge on any atom is -0.506 e. The molecule has 0 fully saturated rings. The number of ether oxygens (including phenoxy) is 2. The fourth-order valence-corrected chi connectivity index (χ4v) is 4.74. The Kier molecular flexibility index (Phi) is 10.7. The topological polar surface area (TPSA) is 123 Å². The molecule has 0 aliphatic heterocycles. The number of halogens is 2. The molecule has 5 rings (SSSR count). The maximum atomic E-state index is 13.3. The van der Waals surface area contributed by atoms with E-state index in [1.54, 1.807) is 24.3 Å². The molecule has 10 heteroatoms. The van der Waals surface area contributed by atoms with Gasteiger partial charge in [0.25, 0.3) is 11.8 Å². The van der Waals surface area contributed by atoms with Crippen molar-refractivity contribution in [2.45, 2.75) is 6.42 Å². The lowest BCUT2D eigenvalue weighted by atomic mass is 10.0. The van der Waals surface area contributed by atoms with Gasteiger partial charge in [0.2, 0.25) is 0 Å². The summed E-state index contributed by atoms with van der Waals surface area (Å²) in [5, 5.41) is 19.7. The lowest BCUT2D eigenvalue weighted by Crippen LogP contribution is -2.29. The zero-order valence-electron chi connectivity index (χ0n) is 23.1. The monoisotopic (exact) mass is 619 g/mol. The zero-order chi connectivity index (χ0) is 29.5. The Hall–Kier alpha value is -4.50. The molecule has 8 nitrogen and oxygen atoms in total. The number of carbonyl (C=O) groups is 2. The van der Waals surface area contributed by atoms with E-state index < -0.39 is 5.91 Å². The molecule has 0 heterocycles. The number of fused-ring (bicyclic) bond motifs is 2. The van der Waals surface area contributed by atoms with Crippen LogP contribution in [0.25, 0.3) is 21.5 Å². The molecule has 0 saturated carbocycles. The van der Waals surface area contributed by atoms with E-state index in [2.05, 4.69) is 10.6 Å². The van der Waals surface area contributed by atoms with Crippen LogP contribution in [0.3, 0.4) is 0 Å².